The molecule has 2 heteroatoms. The summed E-state index contributed by atoms with van der Waals surface area (Å²) in [4.78, 5) is 2.40. The number of rotatable bonds is 4. The normalized spacial score (nSPS) is 27.0. The molecule has 1 aliphatic rings. The zero-order valence-corrected chi connectivity index (χ0v) is 9.16. The molecule has 0 amide bonds. The summed E-state index contributed by atoms with van der Waals surface area (Å²) in [7, 11) is 2.19. The van der Waals surface area contributed by atoms with E-state index in [1.54, 1.807) is 0 Å². The van der Waals surface area contributed by atoms with Crippen LogP contribution in [0.2, 0.25) is 0 Å². The minimum Gasteiger partial charge on any atom is -0.396 e. The van der Waals surface area contributed by atoms with Crippen LogP contribution in [0.25, 0.3) is 0 Å². The van der Waals surface area contributed by atoms with Crippen molar-refractivity contribution >= 4 is 0 Å². The number of aliphatic hydroxyl groups is 1. The fourth-order valence-electron chi connectivity index (χ4n) is 2.58. The molecule has 0 aromatic heterocycles. The average molecular weight is 185 g/mol. The van der Waals surface area contributed by atoms with E-state index in [4.69, 9.17) is 5.11 Å². The van der Waals surface area contributed by atoms with Crippen LogP contribution in [0.4, 0.5) is 0 Å². The van der Waals surface area contributed by atoms with Crippen molar-refractivity contribution in [2.45, 2.75) is 26.7 Å². The number of hydrogen-bond acceptors (Lipinski definition) is 2. The van der Waals surface area contributed by atoms with Gasteiger partial charge in [-0.15, -0.1) is 0 Å². The van der Waals surface area contributed by atoms with Crippen LogP contribution < -0.4 is 0 Å². The predicted molar refractivity (Wildman–Crippen MR) is 55.6 cm³/mol. The lowest BCUT2D eigenvalue weighted by atomic mass is 9.81. The second-order valence-corrected chi connectivity index (χ2v) is 4.73. The van der Waals surface area contributed by atoms with Crippen molar-refractivity contribution in [2.24, 2.45) is 17.8 Å². The minimum absolute atomic E-state index is 0.350. The summed E-state index contributed by atoms with van der Waals surface area (Å²) >= 11 is 0. The van der Waals surface area contributed by atoms with Gasteiger partial charge >= 0.3 is 0 Å². The Hall–Kier alpha value is -0.0800. The van der Waals surface area contributed by atoms with Crippen molar-refractivity contribution in [3.05, 3.63) is 0 Å². The summed E-state index contributed by atoms with van der Waals surface area (Å²) in [5, 5.41) is 9.00. The summed E-state index contributed by atoms with van der Waals surface area (Å²) in [5.41, 5.74) is 0. The number of nitrogens with zero attached hydrogens (tertiary/aromatic N) is 1. The first-order chi connectivity index (χ1) is 6.15. The Morgan fingerprint density at radius 3 is 2.54 bits per heavy atom. The smallest absolute Gasteiger partial charge is 0.0433 e. The molecule has 1 saturated heterocycles. The lowest BCUT2D eigenvalue weighted by molar-refractivity contribution is 0.180. The fraction of sp³-hybridized carbons (Fsp3) is 1.00. The van der Waals surface area contributed by atoms with Gasteiger partial charge in [-0.2, -0.15) is 0 Å². The van der Waals surface area contributed by atoms with Gasteiger partial charge in [0.05, 0.1) is 0 Å². The summed E-state index contributed by atoms with van der Waals surface area (Å²) in [6.45, 7) is 7.36. The third-order valence-corrected chi connectivity index (χ3v) is 3.35. The zero-order valence-electron chi connectivity index (χ0n) is 9.16. The molecule has 1 rings (SSSR count). The van der Waals surface area contributed by atoms with Gasteiger partial charge in [0.25, 0.3) is 0 Å². The SMILES string of the molecule is CC(C)C(CCO)C1CCN(C)C1. The monoisotopic (exact) mass is 185 g/mol. The van der Waals surface area contributed by atoms with Crippen LogP contribution >= 0.6 is 0 Å². The second kappa shape index (κ2) is 4.97. The van der Waals surface area contributed by atoms with Crippen molar-refractivity contribution in [1.29, 1.82) is 0 Å². The molecule has 13 heavy (non-hydrogen) atoms. The molecular weight excluding hydrogens is 162 g/mol. The van der Waals surface area contributed by atoms with E-state index in [-0.39, 0.29) is 0 Å². The van der Waals surface area contributed by atoms with Crippen molar-refractivity contribution < 1.29 is 5.11 Å². The first-order valence-corrected chi connectivity index (χ1v) is 5.44. The molecule has 1 aliphatic heterocycles. The summed E-state index contributed by atoms with van der Waals surface area (Å²) in [6.07, 6.45) is 2.30. The van der Waals surface area contributed by atoms with Crippen LogP contribution in [-0.4, -0.2) is 36.8 Å². The van der Waals surface area contributed by atoms with E-state index in [1.165, 1.54) is 19.5 Å². The van der Waals surface area contributed by atoms with E-state index in [2.05, 4.69) is 25.8 Å². The van der Waals surface area contributed by atoms with Crippen LogP contribution in [0.5, 0.6) is 0 Å². The maximum atomic E-state index is 9.00. The lowest BCUT2D eigenvalue weighted by Gasteiger charge is -2.26. The summed E-state index contributed by atoms with van der Waals surface area (Å²) in [6, 6.07) is 0. The molecule has 2 atom stereocenters. The van der Waals surface area contributed by atoms with Gasteiger partial charge in [0, 0.05) is 13.2 Å². The third kappa shape index (κ3) is 2.96. The molecule has 2 unspecified atom stereocenters. The zero-order chi connectivity index (χ0) is 9.84. The molecule has 2 nitrogen and oxygen atoms in total. The lowest BCUT2D eigenvalue weighted by Crippen LogP contribution is -2.24. The van der Waals surface area contributed by atoms with Crippen LogP contribution in [0, 0.1) is 17.8 Å². The topological polar surface area (TPSA) is 23.5 Å². The molecule has 1 fully saturated rings. The van der Waals surface area contributed by atoms with Crippen LogP contribution in [0.1, 0.15) is 26.7 Å². The number of likely N-dealkylation sites (tertiary alicyclic amines) is 1. The molecule has 0 saturated carbocycles. The first kappa shape index (κ1) is 11.0. The van der Waals surface area contributed by atoms with Gasteiger partial charge in [-0.3, -0.25) is 0 Å². The Morgan fingerprint density at radius 1 is 1.46 bits per heavy atom. The van der Waals surface area contributed by atoms with Crippen LogP contribution in [0.3, 0.4) is 0 Å². The Labute approximate surface area is 81.9 Å². The first-order valence-electron chi connectivity index (χ1n) is 5.44. The predicted octanol–water partition coefficient (Wildman–Crippen LogP) is 1.59. The summed E-state index contributed by atoms with van der Waals surface area (Å²) in [5.74, 6) is 2.25. The number of hydrogen-bond donors (Lipinski definition) is 1. The average Bonchev–Trinajstić information content (AvgIpc) is 2.46. The van der Waals surface area contributed by atoms with Gasteiger partial charge in [0.1, 0.15) is 0 Å². The molecule has 1 N–H and O–H groups in total. The molecule has 1 heterocycles. The van der Waals surface area contributed by atoms with Crippen molar-refractivity contribution in [3.8, 4) is 0 Å². The third-order valence-electron chi connectivity index (χ3n) is 3.35. The Balaban J connectivity index is 2.44. The van der Waals surface area contributed by atoms with Gasteiger partial charge < -0.3 is 10.0 Å². The molecule has 0 bridgehead atoms. The molecule has 78 valence electrons. The molecule has 0 aromatic rings. The van der Waals surface area contributed by atoms with E-state index >= 15 is 0 Å². The highest BCUT2D eigenvalue weighted by Crippen LogP contribution is 2.30. The van der Waals surface area contributed by atoms with Gasteiger partial charge in [-0.25, -0.2) is 0 Å². The van der Waals surface area contributed by atoms with Crippen molar-refractivity contribution in [1.82, 2.24) is 4.90 Å². The maximum absolute atomic E-state index is 9.00. The van der Waals surface area contributed by atoms with Gasteiger partial charge in [0.15, 0.2) is 0 Å². The largest absolute Gasteiger partial charge is 0.396 e. The molecule has 0 radical (unpaired) electrons. The van der Waals surface area contributed by atoms with E-state index < -0.39 is 0 Å². The Bertz CT molecular complexity index is 147. The highest BCUT2D eigenvalue weighted by Gasteiger charge is 2.28. The maximum Gasteiger partial charge on any atom is 0.0433 e. The molecule has 0 aromatic carbocycles. The van der Waals surface area contributed by atoms with Gasteiger partial charge in [-0.05, 0) is 44.2 Å². The molecule has 0 spiro atoms. The van der Waals surface area contributed by atoms with Crippen molar-refractivity contribution in [2.75, 3.05) is 26.7 Å². The highest BCUT2D eigenvalue weighted by molar-refractivity contribution is 4.80. The molecular formula is C11H23NO. The van der Waals surface area contributed by atoms with Crippen LogP contribution in [0.15, 0.2) is 0 Å². The standard InChI is InChI=1S/C11H23NO/c1-9(2)11(5-7-13)10-4-6-12(3)8-10/h9-11,13H,4-8H2,1-3H3. The quantitative estimate of drug-likeness (QED) is 0.719. The molecule has 0 aliphatic carbocycles. The van der Waals surface area contributed by atoms with Gasteiger partial charge in [-0.1, -0.05) is 13.8 Å². The fourth-order valence-corrected chi connectivity index (χ4v) is 2.58. The van der Waals surface area contributed by atoms with Crippen LogP contribution in [-0.2, 0) is 0 Å². The number of aliphatic hydroxyl groups excluding tert-OH is 1. The van der Waals surface area contributed by atoms with E-state index in [9.17, 15) is 0 Å². The second-order valence-electron chi connectivity index (χ2n) is 4.73. The minimum atomic E-state index is 0.350. The van der Waals surface area contributed by atoms with E-state index in [0.717, 1.165) is 18.3 Å². The van der Waals surface area contributed by atoms with Crippen molar-refractivity contribution in [3.63, 3.8) is 0 Å². The Kier molecular flexibility index (Phi) is 4.20. The highest BCUT2D eigenvalue weighted by atomic mass is 16.3. The Morgan fingerprint density at radius 2 is 2.15 bits per heavy atom. The van der Waals surface area contributed by atoms with E-state index in [0.29, 0.717) is 12.5 Å². The van der Waals surface area contributed by atoms with E-state index in [1.807, 2.05) is 0 Å². The summed E-state index contributed by atoms with van der Waals surface area (Å²) < 4.78 is 0. The van der Waals surface area contributed by atoms with Gasteiger partial charge in [0.2, 0.25) is 0 Å².